The van der Waals surface area contributed by atoms with Crippen LogP contribution in [0.5, 0.6) is 0 Å². The number of aliphatic carboxylic acids is 1. The maximum absolute atomic E-state index is 12.8. The van der Waals surface area contributed by atoms with Crippen LogP contribution in [0.3, 0.4) is 0 Å². The minimum atomic E-state index is -5.38. The van der Waals surface area contributed by atoms with Crippen molar-refractivity contribution in [1.82, 2.24) is 0 Å². The van der Waals surface area contributed by atoms with Gasteiger partial charge in [-0.15, -0.1) is 0 Å². The summed E-state index contributed by atoms with van der Waals surface area (Å²) in [5.41, 5.74) is -6.45. The highest BCUT2D eigenvalue weighted by Gasteiger charge is 2.42. The zero-order chi connectivity index (χ0) is 16.6. The monoisotopic (exact) mass is 316 g/mol. The predicted molar refractivity (Wildman–Crippen MR) is 54.4 cm³/mol. The number of carbonyl (C=O) groups excluding carboxylic acids is 1. The van der Waals surface area contributed by atoms with Crippen molar-refractivity contribution in [2.75, 3.05) is 0 Å². The predicted octanol–water partition coefficient (Wildman–Crippen LogP) is 2.65. The largest absolute Gasteiger partial charge is 0.479 e. The molecule has 4 nitrogen and oxygen atoms in total. The van der Waals surface area contributed by atoms with Gasteiger partial charge in [0.05, 0.1) is 11.1 Å². The second kappa shape index (κ2) is 5.35. The van der Waals surface area contributed by atoms with Gasteiger partial charge in [0.15, 0.2) is 6.10 Å². The third-order valence-corrected chi connectivity index (χ3v) is 2.48. The molecule has 0 aliphatic heterocycles. The van der Waals surface area contributed by atoms with Crippen LogP contribution >= 0.6 is 0 Å². The van der Waals surface area contributed by atoms with Crippen molar-refractivity contribution < 1.29 is 46.1 Å². The van der Waals surface area contributed by atoms with Gasteiger partial charge in [-0.1, -0.05) is 0 Å². The van der Waals surface area contributed by atoms with Gasteiger partial charge in [0.1, 0.15) is 6.29 Å². The summed E-state index contributed by atoms with van der Waals surface area (Å²) in [6.45, 7) is 0. The number of halogens is 6. The van der Waals surface area contributed by atoms with E-state index in [4.69, 9.17) is 5.11 Å². The van der Waals surface area contributed by atoms with Crippen molar-refractivity contribution in [3.8, 4) is 0 Å². The average Bonchev–Trinajstić information content (AvgIpc) is 2.33. The molecule has 0 aliphatic rings. The Morgan fingerprint density at radius 3 is 1.95 bits per heavy atom. The fraction of sp³-hybridized carbons (Fsp3) is 0.273. The summed E-state index contributed by atoms with van der Waals surface area (Å²) < 4.78 is 75.8. The van der Waals surface area contributed by atoms with E-state index in [0.717, 1.165) is 0 Å². The molecule has 0 aliphatic carbocycles. The van der Waals surface area contributed by atoms with E-state index in [1.54, 1.807) is 0 Å². The van der Waals surface area contributed by atoms with Gasteiger partial charge in [-0.05, 0) is 12.1 Å². The maximum atomic E-state index is 12.8. The van der Waals surface area contributed by atoms with Crippen LogP contribution in [0.25, 0.3) is 0 Å². The first-order valence-electron chi connectivity index (χ1n) is 5.08. The molecule has 21 heavy (non-hydrogen) atoms. The molecule has 1 unspecified atom stereocenters. The minimum Gasteiger partial charge on any atom is -0.479 e. The van der Waals surface area contributed by atoms with Crippen LogP contribution in [-0.4, -0.2) is 22.5 Å². The SMILES string of the molecule is O=Cc1cc(C(F)(F)F)cc(C(F)(F)F)c1C(O)C(=O)O. The minimum absolute atomic E-state index is 0.0454. The van der Waals surface area contributed by atoms with Crippen molar-refractivity contribution in [3.63, 3.8) is 0 Å². The molecule has 10 heteroatoms. The number of aldehydes is 1. The lowest BCUT2D eigenvalue weighted by atomic mass is 9.93. The molecule has 2 N–H and O–H groups in total. The number of hydrogen-bond acceptors (Lipinski definition) is 3. The van der Waals surface area contributed by atoms with Crippen LogP contribution in [-0.2, 0) is 17.1 Å². The van der Waals surface area contributed by atoms with Gasteiger partial charge >= 0.3 is 18.3 Å². The Kier molecular flexibility index (Phi) is 4.32. The Hall–Kier alpha value is -2.10. The Balaban J connectivity index is 3.77. The number of carboxylic acids is 1. The number of rotatable bonds is 3. The molecular formula is C11H6F6O4. The molecule has 1 atom stereocenters. The average molecular weight is 316 g/mol. The molecule has 0 amide bonds. The lowest BCUT2D eigenvalue weighted by Crippen LogP contribution is -2.21. The second-order valence-electron chi connectivity index (χ2n) is 3.88. The van der Waals surface area contributed by atoms with Crippen molar-refractivity contribution in [1.29, 1.82) is 0 Å². The number of carbonyl (C=O) groups is 2. The summed E-state index contributed by atoms with van der Waals surface area (Å²) >= 11 is 0. The topological polar surface area (TPSA) is 74.6 Å². The van der Waals surface area contributed by atoms with E-state index in [1.165, 1.54) is 0 Å². The van der Waals surface area contributed by atoms with Crippen molar-refractivity contribution in [3.05, 3.63) is 34.4 Å². The zero-order valence-electron chi connectivity index (χ0n) is 9.79. The van der Waals surface area contributed by atoms with E-state index in [1.807, 2.05) is 0 Å². The molecule has 0 fully saturated rings. The Labute approximate surface area is 112 Å². The zero-order valence-corrected chi connectivity index (χ0v) is 9.79. The molecule has 0 saturated heterocycles. The summed E-state index contributed by atoms with van der Waals surface area (Å²) in [6.07, 6.45) is -13.7. The third kappa shape index (κ3) is 3.51. The standard InChI is InChI=1S/C11H6F6O4/c12-10(13,14)5-1-4(3-18)7(8(19)9(20)21)6(2-5)11(15,16)17/h1-3,8,19H,(H,20,21). The van der Waals surface area contributed by atoms with E-state index in [-0.39, 0.29) is 18.4 Å². The highest BCUT2D eigenvalue weighted by atomic mass is 19.4. The van der Waals surface area contributed by atoms with Gasteiger partial charge in [-0.25, -0.2) is 4.79 Å². The Bertz CT molecular complexity index is 575. The van der Waals surface area contributed by atoms with Crippen LogP contribution in [0.15, 0.2) is 12.1 Å². The van der Waals surface area contributed by atoms with Crippen LogP contribution < -0.4 is 0 Å². The molecular weight excluding hydrogens is 310 g/mol. The summed E-state index contributed by atoms with van der Waals surface area (Å²) in [6, 6.07) is -0.307. The molecule has 1 aromatic rings. The lowest BCUT2D eigenvalue weighted by molar-refractivity contribution is -0.149. The third-order valence-electron chi connectivity index (χ3n) is 2.48. The normalized spacial score (nSPS) is 13.9. The number of aliphatic hydroxyl groups is 1. The first-order chi connectivity index (χ1) is 9.39. The van der Waals surface area contributed by atoms with E-state index in [0.29, 0.717) is 0 Å². The summed E-state index contributed by atoms with van der Waals surface area (Å²) in [5, 5.41) is 17.7. The van der Waals surface area contributed by atoms with Crippen LogP contribution in [0.1, 0.15) is 33.2 Å². The molecule has 0 aromatic heterocycles. The quantitative estimate of drug-likeness (QED) is 0.664. The van der Waals surface area contributed by atoms with Crippen molar-refractivity contribution >= 4 is 12.3 Å². The van der Waals surface area contributed by atoms with E-state index < -0.39 is 46.7 Å². The van der Waals surface area contributed by atoms with Crippen molar-refractivity contribution in [2.24, 2.45) is 0 Å². The van der Waals surface area contributed by atoms with Gasteiger partial charge in [-0.3, -0.25) is 4.79 Å². The summed E-state index contributed by atoms with van der Waals surface area (Å²) in [7, 11) is 0. The maximum Gasteiger partial charge on any atom is 0.416 e. The van der Waals surface area contributed by atoms with Crippen LogP contribution in [0.4, 0.5) is 26.3 Å². The molecule has 0 bridgehead atoms. The van der Waals surface area contributed by atoms with Gasteiger partial charge in [0.25, 0.3) is 0 Å². The number of alkyl halides is 6. The number of benzene rings is 1. The van der Waals surface area contributed by atoms with Gasteiger partial charge in [0, 0.05) is 11.1 Å². The first kappa shape index (κ1) is 17.0. The first-order valence-corrected chi connectivity index (χ1v) is 5.08. The van der Waals surface area contributed by atoms with Crippen molar-refractivity contribution in [2.45, 2.75) is 18.5 Å². The Morgan fingerprint density at radius 1 is 1.10 bits per heavy atom. The van der Waals surface area contributed by atoms with E-state index in [2.05, 4.69) is 0 Å². The molecule has 1 aromatic carbocycles. The van der Waals surface area contributed by atoms with Crippen LogP contribution in [0, 0.1) is 0 Å². The summed E-state index contributed by atoms with van der Waals surface area (Å²) in [5.74, 6) is -2.14. The van der Waals surface area contributed by atoms with Gasteiger partial charge < -0.3 is 10.2 Å². The smallest absolute Gasteiger partial charge is 0.416 e. The molecule has 0 spiro atoms. The number of aliphatic hydroxyl groups excluding tert-OH is 1. The number of hydrogen-bond donors (Lipinski definition) is 2. The molecule has 116 valence electrons. The molecule has 0 heterocycles. The fourth-order valence-corrected chi connectivity index (χ4v) is 1.60. The van der Waals surface area contributed by atoms with E-state index >= 15 is 0 Å². The Morgan fingerprint density at radius 2 is 1.62 bits per heavy atom. The van der Waals surface area contributed by atoms with Gasteiger partial charge in [-0.2, -0.15) is 26.3 Å². The molecule has 0 saturated carbocycles. The highest BCUT2D eigenvalue weighted by Crippen LogP contribution is 2.40. The number of carboxylic acid groups (broad SMARTS) is 1. The highest BCUT2D eigenvalue weighted by molar-refractivity contribution is 5.84. The fourth-order valence-electron chi connectivity index (χ4n) is 1.60. The second-order valence-corrected chi connectivity index (χ2v) is 3.88. The molecule has 1 rings (SSSR count). The van der Waals surface area contributed by atoms with E-state index in [9.17, 15) is 41.0 Å². The van der Waals surface area contributed by atoms with Gasteiger partial charge in [0.2, 0.25) is 0 Å². The lowest BCUT2D eigenvalue weighted by Gasteiger charge is -2.19. The van der Waals surface area contributed by atoms with Crippen LogP contribution in [0.2, 0.25) is 0 Å². The molecule has 0 radical (unpaired) electrons. The summed E-state index contributed by atoms with van der Waals surface area (Å²) in [4.78, 5) is 21.2.